The average Bonchev–Trinajstić information content (AvgIpc) is 2.44. The van der Waals surface area contributed by atoms with Gasteiger partial charge in [-0.15, -0.1) is 0 Å². The van der Waals surface area contributed by atoms with E-state index in [-0.39, 0.29) is 5.91 Å². The standard InChI is InChI=1S/C16H27N3O/c1-5-7-19(8-6-2)15-9-14(11-17-12-15)16(20)18-10-13(3)4/h9,11-13H,5-8,10H2,1-4H3,(H,18,20). The monoisotopic (exact) mass is 277 g/mol. The molecule has 0 aliphatic heterocycles. The maximum atomic E-state index is 12.1. The number of nitrogens with one attached hydrogen (secondary N) is 1. The Balaban J connectivity index is 2.80. The Morgan fingerprint density at radius 1 is 1.25 bits per heavy atom. The molecule has 1 heterocycles. The fourth-order valence-electron chi connectivity index (χ4n) is 2.03. The van der Waals surface area contributed by atoms with Crippen molar-refractivity contribution in [3.05, 3.63) is 24.0 Å². The van der Waals surface area contributed by atoms with Crippen LogP contribution in [0.15, 0.2) is 18.5 Å². The van der Waals surface area contributed by atoms with Crippen LogP contribution in [0, 0.1) is 5.92 Å². The Labute approximate surface area is 122 Å². The zero-order valence-electron chi connectivity index (χ0n) is 13.1. The van der Waals surface area contributed by atoms with E-state index in [4.69, 9.17) is 0 Å². The van der Waals surface area contributed by atoms with Crippen LogP contribution in [0.3, 0.4) is 0 Å². The van der Waals surface area contributed by atoms with Gasteiger partial charge in [0.15, 0.2) is 0 Å². The summed E-state index contributed by atoms with van der Waals surface area (Å²) in [5.74, 6) is 0.410. The van der Waals surface area contributed by atoms with Gasteiger partial charge in [0.05, 0.1) is 17.4 Å². The first-order valence-corrected chi connectivity index (χ1v) is 7.56. The van der Waals surface area contributed by atoms with E-state index in [0.717, 1.165) is 31.6 Å². The van der Waals surface area contributed by atoms with Gasteiger partial charge < -0.3 is 10.2 Å². The van der Waals surface area contributed by atoms with E-state index >= 15 is 0 Å². The van der Waals surface area contributed by atoms with E-state index in [2.05, 4.69) is 42.9 Å². The average molecular weight is 277 g/mol. The summed E-state index contributed by atoms with van der Waals surface area (Å²) in [6.07, 6.45) is 5.65. The van der Waals surface area contributed by atoms with Gasteiger partial charge in [-0.1, -0.05) is 27.7 Å². The first kappa shape index (κ1) is 16.5. The van der Waals surface area contributed by atoms with Gasteiger partial charge in [-0.25, -0.2) is 0 Å². The number of hydrogen-bond donors (Lipinski definition) is 1. The minimum atomic E-state index is -0.0407. The van der Waals surface area contributed by atoms with Crippen LogP contribution in [0.2, 0.25) is 0 Å². The highest BCUT2D eigenvalue weighted by Crippen LogP contribution is 2.15. The van der Waals surface area contributed by atoms with Crippen LogP contribution in [0.4, 0.5) is 5.69 Å². The molecule has 1 N–H and O–H groups in total. The van der Waals surface area contributed by atoms with E-state index in [1.165, 1.54) is 0 Å². The van der Waals surface area contributed by atoms with Crippen LogP contribution in [0.25, 0.3) is 0 Å². The molecule has 0 atom stereocenters. The number of aromatic nitrogens is 1. The Kier molecular flexibility index (Phi) is 7.05. The predicted molar refractivity (Wildman–Crippen MR) is 84.2 cm³/mol. The first-order chi connectivity index (χ1) is 9.58. The van der Waals surface area contributed by atoms with Crippen molar-refractivity contribution in [1.29, 1.82) is 0 Å². The molecule has 4 nitrogen and oxygen atoms in total. The fraction of sp³-hybridized carbons (Fsp3) is 0.625. The third-order valence-corrected chi connectivity index (χ3v) is 3.01. The van der Waals surface area contributed by atoms with Gasteiger partial charge in [0.2, 0.25) is 0 Å². The van der Waals surface area contributed by atoms with Crippen molar-refractivity contribution < 1.29 is 4.79 Å². The number of rotatable bonds is 8. The lowest BCUT2D eigenvalue weighted by Gasteiger charge is -2.23. The molecule has 112 valence electrons. The van der Waals surface area contributed by atoms with E-state index in [1.54, 1.807) is 6.20 Å². The first-order valence-electron chi connectivity index (χ1n) is 7.56. The molecule has 0 bridgehead atoms. The van der Waals surface area contributed by atoms with Gasteiger partial charge in [0.1, 0.15) is 0 Å². The number of carbonyl (C=O) groups excluding carboxylic acids is 1. The number of pyridine rings is 1. The summed E-state index contributed by atoms with van der Waals surface area (Å²) >= 11 is 0. The topological polar surface area (TPSA) is 45.2 Å². The Hall–Kier alpha value is -1.58. The molecule has 0 aliphatic rings. The van der Waals surface area contributed by atoms with Gasteiger partial charge >= 0.3 is 0 Å². The highest BCUT2D eigenvalue weighted by atomic mass is 16.1. The van der Waals surface area contributed by atoms with Crippen LogP contribution in [0.5, 0.6) is 0 Å². The summed E-state index contributed by atoms with van der Waals surface area (Å²) in [4.78, 5) is 18.6. The molecular weight excluding hydrogens is 250 g/mol. The number of hydrogen-bond acceptors (Lipinski definition) is 3. The summed E-state index contributed by atoms with van der Waals surface area (Å²) in [5, 5.41) is 2.93. The van der Waals surface area contributed by atoms with Gasteiger partial charge in [-0.3, -0.25) is 9.78 Å². The van der Waals surface area contributed by atoms with Crippen molar-refractivity contribution in [2.24, 2.45) is 5.92 Å². The van der Waals surface area contributed by atoms with Crippen molar-refractivity contribution in [3.8, 4) is 0 Å². The van der Waals surface area contributed by atoms with Crippen molar-refractivity contribution in [3.63, 3.8) is 0 Å². The van der Waals surface area contributed by atoms with E-state index in [0.29, 0.717) is 18.0 Å². The largest absolute Gasteiger partial charge is 0.370 e. The minimum absolute atomic E-state index is 0.0407. The number of anilines is 1. The molecule has 0 unspecified atom stereocenters. The molecule has 1 aromatic rings. The molecular formula is C16H27N3O. The molecule has 1 aromatic heterocycles. The normalized spacial score (nSPS) is 10.7. The summed E-state index contributed by atoms with van der Waals surface area (Å²) in [7, 11) is 0. The quantitative estimate of drug-likeness (QED) is 0.794. The maximum absolute atomic E-state index is 12.1. The lowest BCUT2D eigenvalue weighted by Crippen LogP contribution is -2.28. The molecule has 0 saturated heterocycles. The molecule has 20 heavy (non-hydrogen) atoms. The Morgan fingerprint density at radius 3 is 2.45 bits per heavy atom. The molecule has 0 aliphatic carbocycles. The summed E-state index contributed by atoms with van der Waals surface area (Å²) < 4.78 is 0. The zero-order chi connectivity index (χ0) is 15.0. The fourth-order valence-corrected chi connectivity index (χ4v) is 2.03. The zero-order valence-corrected chi connectivity index (χ0v) is 13.1. The second kappa shape index (κ2) is 8.56. The molecule has 0 spiro atoms. The number of amides is 1. The van der Waals surface area contributed by atoms with E-state index < -0.39 is 0 Å². The summed E-state index contributed by atoms with van der Waals surface area (Å²) in [6.45, 7) is 11.2. The third-order valence-electron chi connectivity index (χ3n) is 3.01. The molecule has 4 heteroatoms. The van der Waals surface area contributed by atoms with Crippen LogP contribution in [0.1, 0.15) is 50.9 Å². The molecule has 1 rings (SSSR count). The van der Waals surface area contributed by atoms with Crippen molar-refractivity contribution >= 4 is 11.6 Å². The van der Waals surface area contributed by atoms with Crippen LogP contribution in [-0.2, 0) is 0 Å². The van der Waals surface area contributed by atoms with Gasteiger partial charge in [0.25, 0.3) is 5.91 Å². The van der Waals surface area contributed by atoms with E-state index in [1.807, 2.05) is 12.3 Å². The van der Waals surface area contributed by atoms with Crippen molar-refractivity contribution in [2.75, 3.05) is 24.5 Å². The van der Waals surface area contributed by atoms with E-state index in [9.17, 15) is 4.79 Å². The highest BCUT2D eigenvalue weighted by molar-refractivity contribution is 5.94. The Morgan fingerprint density at radius 2 is 1.90 bits per heavy atom. The smallest absolute Gasteiger partial charge is 0.252 e. The van der Waals surface area contributed by atoms with Crippen molar-refractivity contribution in [2.45, 2.75) is 40.5 Å². The number of carbonyl (C=O) groups is 1. The Bertz CT molecular complexity index is 412. The highest BCUT2D eigenvalue weighted by Gasteiger charge is 2.10. The van der Waals surface area contributed by atoms with Gasteiger partial charge in [-0.2, -0.15) is 0 Å². The molecule has 0 aromatic carbocycles. The summed E-state index contributed by atoms with van der Waals surface area (Å²) in [5.41, 5.74) is 1.67. The van der Waals surface area contributed by atoms with Crippen molar-refractivity contribution in [1.82, 2.24) is 10.3 Å². The van der Waals surface area contributed by atoms with Gasteiger partial charge in [-0.05, 0) is 24.8 Å². The lowest BCUT2D eigenvalue weighted by atomic mass is 10.2. The van der Waals surface area contributed by atoms with Gasteiger partial charge in [0, 0.05) is 25.8 Å². The SMILES string of the molecule is CCCN(CCC)c1cncc(C(=O)NCC(C)C)c1. The number of nitrogens with zero attached hydrogens (tertiary/aromatic N) is 2. The molecule has 0 radical (unpaired) electrons. The lowest BCUT2D eigenvalue weighted by molar-refractivity contribution is 0.0948. The maximum Gasteiger partial charge on any atom is 0.252 e. The molecule has 1 amide bonds. The second-order valence-corrected chi connectivity index (χ2v) is 5.52. The molecule has 0 saturated carbocycles. The van der Waals surface area contributed by atoms with Crippen LogP contribution < -0.4 is 10.2 Å². The predicted octanol–water partition coefficient (Wildman–Crippen LogP) is 3.09. The van der Waals surface area contributed by atoms with Crippen LogP contribution >= 0.6 is 0 Å². The molecule has 0 fully saturated rings. The third kappa shape index (κ3) is 5.19. The minimum Gasteiger partial charge on any atom is -0.370 e. The summed E-state index contributed by atoms with van der Waals surface area (Å²) in [6, 6.07) is 1.94. The second-order valence-electron chi connectivity index (χ2n) is 5.52. The van der Waals surface area contributed by atoms with Crippen LogP contribution in [-0.4, -0.2) is 30.5 Å².